The molecule has 1 heterocycles. The highest BCUT2D eigenvalue weighted by Gasteiger charge is 2.08. The third kappa shape index (κ3) is 1.26. The molecule has 1 aliphatic rings. The summed E-state index contributed by atoms with van der Waals surface area (Å²) in [4.78, 5) is 10.5. The second kappa shape index (κ2) is 2.22. The fourth-order valence-corrected chi connectivity index (χ4v) is 1.21. The molecule has 0 saturated carbocycles. The van der Waals surface area contributed by atoms with Gasteiger partial charge in [0.05, 0.1) is 5.75 Å². The summed E-state index contributed by atoms with van der Waals surface area (Å²) in [5.41, 5.74) is 0.825. The largest absolute Gasteiger partial charge is 0.329 e. The Balaban J connectivity index is 2.45. The lowest BCUT2D eigenvalue weighted by Crippen LogP contribution is -2.29. The van der Waals surface area contributed by atoms with E-state index in [1.54, 1.807) is 11.8 Å². The van der Waals surface area contributed by atoms with Crippen LogP contribution >= 0.6 is 11.8 Å². The first kappa shape index (κ1) is 5.69. The summed E-state index contributed by atoms with van der Waals surface area (Å²) in [5.74, 6) is 1.52. The van der Waals surface area contributed by atoms with Gasteiger partial charge in [-0.25, -0.2) is 0 Å². The highest BCUT2D eigenvalue weighted by molar-refractivity contribution is 8.00. The number of thioether (sulfide) groups is 1. The molecule has 0 aromatic rings. The van der Waals surface area contributed by atoms with Gasteiger partial charge in [-0.05, 0) is 0 Å². The van der Waals surface area contributed by atoms with Gasteiger partial charge in [-0.3, -0.25) is 4.79 Å². The molecule has 0 radical (unpaired) electrons. The van der Waals surface area contributed by atoms with Crippen molar-refractivity contribution < 1.29 is 4.79 Å². The summed E-state index contributed by atoms with van der Waals surface area (Å²) in [6.07, 6.45) is 0. The third-order valence-electron chi connectivity index (χ3n) is 0.826. The number of rotatable bonds is 0. The Labute approximate surface area is 52.3 Å². The summed E-state index contributed by atoms with van der Waals surface area (Å²) in [7, 11) is 0. The van der Waals surface area contributed by atoms with Crippen molar-refractivity contribution in [3.8, 4) is 0 Å². The van der Waals surface area contributed by atoms with Crippen molar-refractivity contribution in [2.75, 3.05) is 11.5 Å². The van der Waals surface area contributed by atoms with Crippen LogP contribution in [0.4, 0.5) is 0 Å². The smallest absolute Gasteiger partial charge is 0.234 e. The van der Waals surface area contributed by atoms with E-state index in [-0.39, 0.29) is 5.91 Å². The molecule has 1 amide bonds. The van der Waals surface area contributed by atoms with E-state index in [4.69, 9.17) is 0 Å². The van der Waals surface area contributed by atoms with Crippen LogP contribution in [0.1, 0.15) is 0 Å². The Morgan fingerprint density at radius 3 is 2.75 bits per heavy atom. The highest BCUT2D eigenvalue weighted by atomic mass is 32.2. The normalized spacial score (nSPS) is 20.5. The molecule has 0 unspecified atom stereocenters. The van der Waals surface area contributed by atoms with Crippen LogP contribution in [0, 0.1) is 0 Å². The highest BCUT2D eigenvalue weighted by Crippen LogP contribution is 2.08. The zero-order valence-electron chi connectivity index (χ0n) is 4.44. The zero-order chi connectivity index (χ0) is 5.98. The number of hydrogen-bond donors (Lipinski definition) is 1. The molecular weight excluding hydrogens is 122 g/mol. The van der Waals surface area contributed by atoms with Crippen LogP contribution in [0.2, 0.25) is 0 Å². The topological polar surface area (TPSA) is 29.1 Å². The predicted octanol–water partition coefficient (Wildman–Crippen LogP) is 0.363. The van der Waals surface area contributed by atoms with Gasteiger partial charge in [0.25, 0.3) is 0 Å². The molecule has 44 valence electrons. The Bertz CT molecular complexity index is 118. The van der Waals surface area contributed by atoms with Crippen LogP contribution in [0.5, 0.6) is 0 Å². The van der Waals surface area contributed by atoms with Crippen molar-refractivity contribution in [3.05, 3.63) is 12.3 Å². The Morgan fingerprint density at radius 2 is 2.38 bits per heavy atom. The van der Waals surface area contributed by atoms with Gasteiger partial charge in [-0.2, -0.15) is 0 Å². The lowest BCUT2D eigenvalue weighted by Gasteiger charge is -2.12. The van der Waals surface area contributed by atoms with Crippen LogP contribution in [-0.2, 0) is 4.79 Å². The molecule has 0 aliphatic carbocycles. The van der Waals surface area contributed by atoms with Gasteiger partial charge in [0.2, 0.25) is 5.91 Å². The standard InChI is InChI=1S/C5H7NOS/c1-4-2-8-3-5(7)6-4/h1-3H2,(H,6,7). The molecule has 0 spiro atoms. The Kier molecular flexibility index (Phi) is 1.58. The van der Waals surface area contributed by atoms with Crippen LogP contribution < -0.4 is 5.32 Å². The molecule has 8 heavy (non-hydrogen) atoms. The second-order valence-corrected chi connectivity index (χ2v) is 2.63. The summed E-state index contributed by atoms with van der Waals surface area (Å²) in [6.45, 7) is 3.61. The van der Waals surface area contributed by atoms with E-state index in [2.05, 4.69) is 11.9 Å². The third-order valence-corrected chi connectivity index (χ3v) is 1.84. The number of carbonyl (C=O) groups excluding carboxylic acids is 1. The zero-order valence-corrected chi connectivity index (χ0v) is 5.25. The maximum Gasteiger partial charge on any atom is 0.234 e. The molecule has 0 bridgehead atoms. The summed E-state index contributed by atoms with van der Waals surface area (Å²) in [5, 5.41) is 2.62. The summed E-state index contributed by atoms with van der Waals surface area (Å²) in [6, 6.07) is 0. The molecular formula is C5H7NOS. The van der Waals surface area contributed by atoms with Gasteiger partial charge in [-0.15, -0.1) is 11.8 Å². The average molecular weight is 129 g/mol. The van der Waals surface area contributed by atoms with Crippen molar-refractivity contribution in [2.45, 2.75) is 0 Å². The molecule has 1 saturated heterocycles. The predicted molar refractivity (Wildman–Crippen MR) is 34.6 cm³/mol. The Hall–Kier alpha value is -0.440. The van der Waals surface area contributed by atoms with Crippen LogP contribution in [0.25, 0.3) is 0 Å². The van der Waals surface area contributed by atoms with E-state index in [9.17, 15) is 4.79 Å². The first-order valence-corrected chi connectivity index (χ1v) is 3.50. The van der Waals surface area contributed by atoms with Gasteiger partial charge in [-0.1, -0.05) is 6.58 Å². The molecule has 0 aromatic heterocycles. The van der Waals surface area contributed by atoms with E-state index in [1.807, 2.05) is 0 Å². The molecule has 1 rings (SSSR count). The fourth-order valence-electron chi connectivity index (χ4n) is 0.536. The van der Waals surface area contributed by atoms with E-state index >= 15 is 0 Å². The molecule has 2 nitrogen and oxygen atoms in total. The van der Waals surface area contributed by atoms with E-state index < -0.39 is 0 Å². The Morgan fingerprint density at radius 1 is 1.62 bits per heavy atom. The number of carbonyl (C=O) groups is 1. The molecule has 0 aromatic carbocycles. The van der Waals surface area contributed by atoms with Crippen molar-refractivity contribution in [1.82, 2.24) is 5.32 Å². The van der Waals surface area contributed by atoms with Crippen LogP contribution in [0.15, 0.2) is 12.3 Å². The van der Waals surface area contributed by atoms with E-state index in [0.29, 0.717) is 5.75 Å². The average Bonchev–Trinajstić information content (AvgIpc) is 1.64. The molecule has 3 heteroatoms. The number of nitrogens with one attached hydrogen (secondary N) is 1. The molecule has 1 aliphatic heterocycles. The molecule has 0 atom stereocenters. The number of hydrogen-bond acceptors (Lipinski definition) is 2. The minimum Gasteiger partial charge on any atom is -0.329 e. The van der Waals surface area contributed by atoms with Gasteiger partial charge in [0, 0.05) is 11.4 Å². The first-order valence-electron chi connectivity index (χ1n) is 2.34. The molecule has 1 N–H and O–H groups in total. The SMILES string of the molecule is C=C1CSCC(=O)N1. The first-order chi connectivity index (χ1) is 3.79. The quantitative estimate of drug-likeness (QED) is 0.511. The second-order valence-electron chi connectivity index (χ2n) is 1.64. The minimum atomic E-state index is 0.0752. The van der Waals surface area contributed by atoms with Crippen molar-refractivity contribution in [1.29, 1.82) is 0 Å². The van der Waals surface area contributed by atoms with Crippen LogP contribution in [0.3, 0.4) is 0 Å². The lowest BCUT2D eigenvalue weighted by atomic mass is 10.5. The van der Waals surface area contributed by atoms with Gasteiger partial charge in [0.1, 0.15) is 0 Å². The van der Waals surface area contributed by atoms with Gasteiger partial charge in [0.15, 0.2) is 0 Å². The fraction of sp³-hybridized carbons (Fsp3) is 0.400. The summed E-state index contributed by atoms with van der Waals surface area (Å²) < 4.78 is 0. The maximum atomic E-state index is 10.5. The van der Waals surface area contributed by atoms with Crippen LogP contribution in [-0.4, -0.2) is 17.4 Å². The number of amides is 1. The lowest BCUT2D eigenvalue weighted by molar-refractivity contribution is -0.117. The van der Waals surface area contributed by atoms with Crippen molar-refractivity contribution >= 4 is 17.7 Å². The van der Waals surface area contributed by atoms with Gasteiger partial charge < -0.3 is 5.32 Å². The van der Waals surface area contributed by atoms with E-state index in [1.165, 1.54) is 0 Å². The van der Waals surface area contributed by atoms with E-state index in [0.717, 1.165) is 11.4 Å². The summed E-state index contributed by atoms with van der Waals surface area (Å²) >= 11 is 1.60. The maximum absolute atomic E-state index is 10.5. The van der Waals surface area contributed by atoms with Crippen molar-refractivity contribution in [2.24, 2.45) is 0 Å². The molecule has 1 fully saturated rings. The van der Waals surface area contributed by atoms with Gasteiger partial charge >= 0.3 is 0 Å². The monoisotopic (exact) mass is 129 g/mol. The van der Waals surface area contributed by atoms with Crippen molar-refractivity contribution in [3.63, 3.8) is 0 Å². The minimum absolute atomic E-state index is 0.0752.